The summed E-state index contributed by atoms with van der Waals surface area (Å²) in [6.45, 7) is 0. The van der Waals surface area contributed by atoms with Crippen molar-refractivity contribution in [1.82, 2.24) is 9.89 Å². The largest absolute Gasteiger partial charge is 0.273 e. The van der Waals surface area contributed by atoms with Crippen LogP contribution in [0.25, 0.3) is 0 Å². The molecule has 0 saturated heterocycles. The second kappa shape index (κ2) is 2.38. The van der Waals surface area contributed by atoms with Crippen molar-refractivity contribution < 1.29 is 4.79 Å². The van der Waals surface area contributed by atoms with Gasteiger partial charge < -0.3 is 0 Å². The molecule has 1 aliphatic carbocycles. The van der Waals surface area contributed by atoms with Crippen LogP contribution in [-0.4, -0.2) is 15.8 Å². The van der Waals surface area contributed by atoms with Gasteiger partial charge in [-0.15, -0.1) is 0 Å². The summed E-state index contributed by atoms with van der Waals surface area (Å²) in [5, 5.41) is 3.73. The zero-order valence-electron chi connectivity index (χ0n) is 5.95. The Kier molecular flexibility index (Phi) is 1.38. The van der Waals surface area contributed by atoms with Gasteiger partial charge in [0.15, 0.2) is 0 Å². The Bertz CT molecular complexity index is 251. The molecule has 1 fully saturated rings. The normalized spacial score (nSPS) is 16.4. The Hall–Kier alpha value is -1.32. The van der Waals surface area contributed by atoms with Crippen LogP contribution in [0.3, 0.4) is 0 Å². The molecule has 57 valence electrons. The third-order valence-corrected chi connectivity index (χ3v) is 1.63. The van der Waals surface area contributed by atoms with Gasteiger partial charge >= 0.3 is 0 Å². The predicted molar refractivity (Wildman–Crippen MR) is 38.2 cm³/mol. The molecule has 1 amide bonds. The van der Waals surface area contributed by atoms with Gasteiger partial charge in [0.2, 0.25) is 5.91 Å². The average molecular weight is 150 g/mol. The van der Waals surface area contributed by atoms with E-state index in [1.54, 1.807) is 12.3 Å². The summed E-state index contributed by atoms with van der Waals surface area (Å²) in [4.78, 5) is 12.5. The summed E-state index contributed by atoms with van der Waals surface area (Å²) in [6, 6.07) is 1.65. The number of hydrogen-bond acceptors (Lipinski definition) is 2. The maximum atomic E-state index is 11.1. The Labute approximate surface area is 64.2 Å². The van der Waals surface area contributed by atoms with Crippen molar-refractivity contribution in [2.75, 3.05) is 5.43 Å². The molecule has 0 unspecified atom stereocenters. The van der Waals surface area contributed by atoms with Gasteiger partial charge in [-0.3, -0.25) is 4.79 Å². The molecular weight excluding hydrogens is 142 g/mol. The quantitative estimate of drug-likeness (QED) is 0.653. The molecule has 0 spiro atoms. The van der Waals surface area contributed by atoms with Gasteiger partial charge in [-0.25, -0.2) is 5.43 Å². The van der Waals surface area contributed by atoms with Gasteiger partial charge in [0.05, 0.1) is 0 Å². The lowest BCUT2D eigenvalue weighted by atomic mass is 10.4. The summed E-state index contributed by atoms with van der Waals surface area (Å²) in [5.41, 5.74) is 2.62. The predicted octanol–water partition coefficient (Wildman–Crippen LogP) is 0.163. The van der Waals surface area contributed by atoms with Crippen molar-refractivity contribution in [3.63, 3.8) is 0 Å². The lowest BCUT2D eigenvalue weighted by molar-refractivity contribution is -0.118. The minimum atomic E-state index is 0.0575. The van der Waals surface area contributed by atoms with Crippen LogP contribution < -0.4 is 5.43 Å². The molecule has 0 bridgehead atoms. The summed E-state index contributed by atoms with van der Waals surface area (Å²) in [5.74, 6) is 0.279. The van der Waals surface area contributed by atoms with E-state index >= 15 is 0 Å². The molecule has 1 saturated carbocycles. The minimum Gasteiger partial charge on any atom is -0.273 e. The average Bonchev–Trinajstić information content (AvgIpc) is 2.73. The molecule has 0 aliphatic heterocycles. The van der Waals surface area contributed by atoms with Gasteiger partial charge in [0, 0.05) is 12.1 Å². The second-order valence-electron chi connectivity index (χ2n) is 2.64. The van der Waals surface area contributed by atoms with Crippen LogP contribution in [0, 0.1) is 12.1 Å². The van der Waals surface area contributed by atoms with Gasteiger partial charge in [0.25, 0.3) is 0 Å². The number of nitrogens with one attached hydrogen (secondary N) is 1. The Morgan fingerprint density at radius 2 is 2.55 bits per heavy atom. The van der Waals surface area contributed by atoms with Crippen LogP contribution in [0.15, 0.2) is 12.3 Å². The molecule has 2 rings (SSSR count). The van der Waals surface area contributed by atoms with Gasteiger partial charge in [-0.1, -0.05) is 0 Å². The third-order valence-electron chi connectivity index (χ3n) is 1.63. The van der Waals surface area contributed by atoms with Gasteiger partial charge in [-0.2, -0.15) is 9.89 Å². The standard InChI is InChI=1S/C7H8N3O/c11-7(6-2-3-6)9-10-5-1-4-8-10/h1,5-6H,2-3H2,(H,9,11). The van der Waals surface area contributed by atoms with Crippen molar-refractivity contribution in [3.8, 4) is 0 Å². The first-order valence-corrected chi connectivity index (χ1v) is 3.59. The summed E-state index contributed by atoms with van der Waals surface area (Å²) in [7, 11) is 0. The summed E-state index contributed by atoms with van der Waals surface area (Å²) >= 11 is 0. The van der Waals surface area contributed by atoms with E-state index in [0.717, 1.165) is 12.8 Å². The van der Waals surface area contributed by atoms with Crippen LogP contribution in [0.4, 0.5) is 0 Å². The molecule has 11 heavy (non-hydrogen) atoms. The van der Waals surface area contributed by atoms with Crippen LogP contribution >= 0.6 is 0 Å². The smallest absolute Gasteiger partial charge is 0.243 e. The lowest BCUT2D eigenvalue weighted by Gasteiger charge is -2.01. The van der Waals surface area contributed by atoms with Crippen molar-refractivity contribution in [3.05, 3.63) is 18.5 Å². The number of aromatic nitrogens is 2. The number of carbonyl (C=O) groups is 1. The maximum absolute atomic E-state index is 11.1. The third kappa shape index (κ3) is 1.39. The number of nitrogens with zero attached hydrogens (tertiary/aromatic N) is 2. The molecule has 4 heteroatoms. The van der Waals surface area contributed by atoms with Crippen LogP contribution in [0.2, 0.25) is 0 Å². The Morgan fingerprint density at radius 1 is 1.73 bits per heavy atom. The molecule has 1 radical (unpaired) electrons. The molecule has 1 aromatic heterocycles. The highest BCUT2D eigenvalue weighted by Gasteiger charge is 2.29. The van der Waals surface area contributed by atoms with Crippen molar-refractivity contribution in [1.29, 1.82) is 0 Å². The van der Waals surface area contributed by atoms with E-state index in [-0.39, 0.29) is 11.8 Å². The molecule has 0 atom stereocenters. The number of carbonyl (C=O) groups excluding carboxylic acids is 1. The second-order valence-corrected chi connectivity index (χ2v) is 2.64. The van der Waals surface area contributed by atoms with E-state index in [2.05, 4.69) is 16.7 Å². The molecule has 1 N–H and O–H groups in total. The fourth-order valence-electron chi connectivity index (χ4n) is 0.845. The van der Waals surface area contributed by atoms with Gasteiger partial charge in [-0.05, 0) is 18.9 Å². The first-order valence-electron chi connectivity index (χ1n) is 3.59. The number of amides is 1. The topological polar surface area (TPSA) is 46.9 Å². The first kappa shape index (κ1) is 6.39. The fourth-order valence-corrected chi connectivity index (χ4v) is 0.845. The Morgan fingerprint density at radius 3 is 3.09 bits per heavy atom. The SMILES string of the molecule is O=C(Nn1cc[c]n1)C1CC1. The number of rotatable bonds is 2. The highest BCUT2D eigenvalue weighted by Crippen LogP contribution is 2.28. The zero-order chi connectivity index (χ0) is 7.68. The van der Waals surface area contributed by atoms with E-state index in [0.29, 0.717) is 0 Å². The van der Waals surface area contributed by atoms with E-state index < -0.39 is 0 Å². The van der Waals surface area contributed by atoms with E-state index in [4.69, 9.17) is 0 Å². The van der Waals surface area contributed by atoms with E-state index in [1.165, 1.54) is 4.79 Å². The van der Waals surface area contributed by atoms with Crippen molar-refractivity contribution >= 4 is 5.91 Å². The van der Waals surface area contributed by atoms with E-state index in [9.17, 15) is 4.79 Å². The highest BCUT2D eigenvalue weighted by atomic mass is 16.2. The highest BCUT2D eigenvalue weighted by molar-refractivity contribution is 5.87. The monoisotopic (exact) mass is 150 g/mol. The first-order chi connectivity index (χ1) is 5.36. The lowest BCUT2D eigenvalue weighted by Crippen LogP contribution is -2.24. The van der Waals surface area contributed by atoms with Crippen LogP contribution in [-0.2, 0) is 4.79 Å². The van der Waals surface area contributed by atoms with E-state index in [1.807, 2.05) is 0 Å². The minimum absolute atomic E-state index is 0.0575. The molecule has 1 aliphatic rings. The summed E-state index contributed by atoms with van der Waals surface area (Å²) < 4.78 is 0. The van der Waals surface area contributed by atoms with Crippen molar-refractivity contribution in [2.45, 2.75) is 12.8 Å². The van der Waals surface area contributed by atoms with Crippen LogP contribution in [0.1, 0.15) is 12.8 Å². The maximum Gasteiger partial charge on any atom is 0.243 e. The van der Waals surface area contributed by atoms with Crippen LogP contribution in [0.5, 0.6) is 0 Å². The Balaban J connectivity index is 1.94. The molecule has 1 aromatic rings. The molecular formula is C7H8N3O. The van der Waals surface area contributed by atoms with Gasteiger partial charge in [0.1, 0.15) is 6.20 Å². The number of hydrogen-bond donors (Lipinski definition) is 1. The molecule has 4 nitrogen and oxygen atoms in total. The fraction of sp³-hybridized carbons (Fsp3) is 0.429. The van der Waals surface area contributed by atoms with Crippen molar-refractivity contribution in [2.24, 2.45) is 5.92 Å². The summed E-state index contributed by atoms with van der Waals surface area (Å²) in [6.07, 6.45) is 6.27. The molecule has 0 aromatic carbocycles. The molecule has 1 heterocycles. The zero-order valence-corrected chi connectivity index (χ0v) is 5.95.